The van der Waals surface area contributed by atoms with Crippen LogP contribution in [0.2, 0.25) is 0 Å². The van der Waals surface area contributed by atoms with Crippen LogP contribution in [0.5, 0.6) is 0 Å². The summed E-state index contributed by atoms with van der Waals surface area (Å²) in [6.07, 6.45) is 1.46. The number of aromatic nitrogens is 3. The number of hydrogen-bond acceptors (Lipinski definition) is 5. The second kappa shape index (κ2) is 8.89. The van der Waals surface area contributed by atoms with E-state index in [2.05, 4.69) is 15.0 Å². The second-order valence-corrected chi connectivity index (χ2v) is 4.56. The van der Waals surface area contributed by atoms with Crippen LogP contribution in [0.4, 0.5) is 18.6 Å². The molecule has 1 aromatic heterocycles. The minimum atomic E-state index is -4.98. The molecule has 0 saturated heterocycles. The van der Waals surface area contributed by atoms with Crippen LogP contribution in [0, 0.1) is 10.1 Å². The smallest absolute Gasteiger partial charge is 0.447 e. The van der Waals surface area contributed by atoms with Gasteiger partial charge in [-0.3, -0.25) is 10.1 Å². The van der Waals surface area contributed by atoms with Crippen molar-refractivity contribution >= 4 is 12.7 Å². The van der Waals surface area contributed by atoms with Gasteiger partial charge in [-0.05, 0) is 5.56 Å². The van der Waals surface area contributed by atoms with Gasteiger partial charge in [-0.15, -0.1) is 5.10 Å². The first-order valence-corrected chi connectivity index (χ1v) is 6.24. The molecule has 0 radical (unpaired) electrons. The summed E-state index contributed by atoms with van der Waals surface area (Å²) in [5, 5.41) is 18.0. The molecule has 0 amide bonds. The summed E-state index contributed by atoms with van der Waals surface area (Å²) in [6.45, 7) is -6.24. The van der Waals surface area contributed by atoms with E-state index in [0.29, 0.717) is 6.54 Å². The largest absolute Gasteiger partial charge is 1.00 e. The van der Waals surface area contributed by atoms with Gasteiger partial charge < -0.3 is 17.7 Å². The number of non-ortho nitro benzene ring substituents is 1. The number of rotatable bonds is 7. The Kier molecular flexibility index (Phi) is 7.83. The van der Waals surface area contributed by atoms with Gasteiger partial charge >= 0.3 is 58.4 Å². The molecule has 0 aliphatic carbocycles. The van der Waals surface area contributed by atoms with Crippen LogP contribution in [0.3, 0.4) is 0 Å². The molecule has 1 heterocycles. The van der Waals surface area contributed by atoms with Crippen molar-refractivity contribution in [2.24, 2.45) is 0 Å². The monoisotopic (exact) mass is 354 g/mol. The van der Waals surface area contributed by atoms with Gasteiger partial charge in [0.15, 0.2) is 0 Å². The Balaban J connectivity index is 0.00000264. The van der Waals surface area contributed by atoms with E-state index in [4.69, 9.17) is 0 Å². The first-order valence-electron chi connectivity index (χ1n) is 6.24. The Bertz CT molecular complexity index is 651. The van der Waals surface area contributed by atoms with E-state index >= 15 is 0 Å². The van der Waals surface area contributed by atoms with Crippen molar-refractivity contribution < 1.29 is 74.0 Å². The normalized spacial score (nSPS) is 11.1. The third-order valence-corrected chi connectivity index (χ3v) is 2.63. The molecule has 0 spiro atoms. The zero-order valence-corrected chi connectivity index (χ0v) is 15.4. The van der Waals surface area contributed by atoms with Crippen LogP contribution in [0.1, 0.15) is 11.3 Å². The minimum Gasteiger partial charge on any atom is -0.447 e. The Morgan fingerprint density at radius 3 is 2.48 bits per heavy atom. The predicted octanol–water partition coefficient (Wildman–Crippen LogP) is -0.858. The van der Waals surface area contributed by atoms with Crippen LogP contribution in [-0.4, -0.2) is 33.4 Å². The fourth-order valence-electron chi connectivity index (χ4n) is 1.69. The summed E-state index contributed by atoms with van der Waals surface area (Å²) in [7, 11) is 0. The Morgan fingerprint density at radius 1 is 1.26 bits per heavy atom. The van der Waals surface area contributed by atoms with Gasteiger partial charge in [0.2, 0.25) is 0 Å². The molecule has 0 saturated carbocycles. The standard InChI is InChI=1S/C11H11BF3N4O3.K/c13-12(14,15)8-22-7-10-6-18(17-16-10)5-9-1-3-11(4-2-9)19(20)21;/h1-4,6H,5,7-8H2;/q-1;+1. The van der Waals surface area contributed by atoms with Crippen molar-refractivity contribution in [3.8, 4) is 0 Å². The van der Waals surface area contributed by atoms with Crippen LogP contribution >= 0.6 is 0 Å². The van der Waals surface area contributed by atoms with Gasteiger partial charge in [-0.25, -0.2) is 4.68 Å². The molecule has 0 fully saturated rings. The Morgan fingerprint density at radius 2 is 1.91 bits per heavy atom. The Labute approximate surface area is 171 Å². The molecule has 0 unspecified atom stereocenters. The van der Waals surface area contributed by atoms with E-state index in [0.717, 1.165) is 5.56 Å². The zero-order valence-electron chi connectivity index (χ0n) is 12.2. The molecule has 2 rings (SSSR count). The second-order valence-electron chi connectivity index (χ2n) is 4.56. The van der Waals surface area contributed by atoms with Gasteiger partial charge in [0.1, 0.15) is 5.69 Å². The van der Waals surface area contributed by atoms with E-state index in [1.807, 2.05) is 0 Å². The number of halogens is 3. The fraction of sp³-hybridized carbons (Fsp3) is 0.273. The van der Waals surface area contributed by atoms with E-state index in [9.17, 15) is 23.1 Å². The molecule has 2 aromatic rings. The summed E-state index contributed by atoms with van der Waals surface area (Å²) in [5.41, 5.74) is 1.01. The van der Waals surface area contributed by atoms with Crippen molar-refractivity contribution in [1.29, 1.82) is 0 Å². The molecule has 0 aliphatic rings. The van der Waals surface area contributed by atoms with Gasteiger partial charge in [0.05, 0.1) is 24.3 Å². The summed E-state index contributed by atoms with van der Waals surface area (Å²) >= 11 is 0. The zero-order chi connectivity index (χ0) is 16.2. The molecule has 0 N–H and O–H groups in total. The van der Waals surface area contributed by atoms with Gasteiger partial charge in [0.25, 0.3) is 5.69 Å². The maximum Gasteiger partial charge on any atom is 1.00 e. The van der Waals surface area contributed by atoms with E-state index in [-0.39, 0.29) is 69.4 Å². The molecule has 23 heavy (non-hydrogen) atoms. The predicted molar refractivity (Wildman–Crippen MR) is 71.0 cm³/mol. The molecule has 0 atom stereocenters. The summed E-state index contributed by atoms with van der Waals surface area (Å²) in [6, 6.07) is 5.87. The van der Waals surface area contributed by atoms with Gasteiger partial charge in [-0.1, -0.05) is 17.3 Å². The molecule has 1 aromatic carbocycles. The maximum atomic E-state index is 12.0. The fourth-order valence-corrected chi connectivity index (χ4v) is 1.69. The van der Waals surface area contributed by atoms with Gasteiger partial charge in [0, 0.05) is 18.6 Å². The molecular formula is C11H11BF3KN4O3. The number of nitrogens with zero attached hydrogens (tertiary/aromatic N) is 4. The summed E-state index contributed by atoms with van der Waals surface area (Å²) in [4.78, 5) is 10.0. The third kappa shape index (κ3) is 7.10. The quantitative estimate of drug-likeness (QED) is 0.367. The van der Waals surface area contributed by atoms with Crippen molar-refractivity contribution in [2.45, 2.75) is 13.2 Å². The number of nitro groups is 1. The molecule has 0 aliphatic heterocycles. The molecule has 12 heteroatoms. The van der Waals surface area contributed by atoms with E-state index in [1.54, 1.807) is 12.1 Å². The summed E-state index contributed by atoms with van der Waals surface area (Å²) < 4.78 is 41.9. The number of ether oxygens (including phenoxy) is 1. The molecule has 118 valence electrons. The topological polar surface area (TPSA) is 83.1 Å². The SMILES string of the molecule is O=[N+]([O-])c1ccc(Cn2cc(COC[B-](F)(F)F)nn2)cc1.[K+]. The summed E-state index contributed by atoms with van der Waals surface area (Å²) in [5.74, 6) is 0. The third-order valence-electron chi connectivity index (χ3n) is 2.63. The first-order chi connectivity index (χ1) is 10.3. The maximum absolute atomic E-state index is 12.0. The van der Waals surface area contributed by atoms with Gasteiger partial charge in [-0.2, -0.15) is 0 Å². The van der Waals surface area contributed by atoms with E-state index in [1.165, 1.54) is 23.0 Å². The number of nitro benzene ring substituents is 1. The van der Waals surface area contributed by atoms with Crippen molar-refractivity contribution in [3.63, 3.8) is 0 Å². The minimum absolute atomic E-state index is 0. The molecule has 0 bridgehead atoms. The Hall–Kier alpha value is -0.789. The van der Waals surface area contributed by atoms with Crippen molar-refractivity contribution in [2.75, 3.05) is 6.51 Å². The van der Waals surface area contributed by atoms with Crippen LogP contribution in [0.15, 0.2) is 30.5 Å². The van der Waals surface area contributed by atoms with Crippen molar-refractivity contribution in [3.05, 3.63) is 51.8 Å². The average molecular weight is 354 g/mol. The number of hydrogen-bond donors (Lipinski definition) is 0. The number of benzene rings is 1. The van der Waals surface area contributed by atoms with Crippen LogP contribution < -0.4 is 51.4 Å². The van der Waals surface area contributed by atoms with Crippen LogP contribution in [-0.2, 0) is 17.9 Å². The van der Waals surface area contributed by atoms with E-state index < -0.39 is 18.4 Å². The molecule has 7 nitrogen and oxygen atoms in total. The average Bonchev–Trinajstić information content (AvgIpc) is 2.85. The molecular weight excluding hydrogens is 343 g/mol. The first kappa shape index (κ1) is 20.3. The van der Waals surface area contributed by atoms with Crippen LogP contribution in [0.25, 0.3) is 0 Å². The van der Waals surface area contributed by atoms with Crippen molar-refractivity contribution in [1.82, 2.24) is 15.0 Å².